The van der Waals surface area contributed by atoms with E-state index in [-0.39, 0.29) is 11.8 Å². The number of halogens is 1. The zero-order chi connectivity index (χ0) is 18.8. The first-order chi connectivity index (χ1) is 13.1. The molecule has 27 heavy (non-hydrogen) atoms. The maximum Gasteiger partial charge on any atom is 0.227 e. The molecule has 1 aliphatic heterocycles. The molecular weight excluding hydrogens is 366 g/mol. The zero-order valence-corrected chi connectivity index (χ0v) is 15.1. The molecule has 0 atom stereocenters. The number of nitriles is 1. The number of hydrogen-bond donors (Lipinski definition) is 1. The smallest absolute Gasteiger partial charge is 0.227 e. The molecule has 0 aliphatic carbocycles. The van der Waals surface area contributed by atoms with Crippen LogP contribution >= 0.6 is 11.6 Å². The largest absolute Gasteiger partial charge is 0.355 e. The number of anilines is 2. The summed E-state index contributed by atoms with van der Waals surface area (Å²) in [5.74, 6) is 0.743. The second kappa shape index (κ2) is 7.21. The minimum atomic E-state index is -0.0747. The molecule has 2 aromatic heterocycles. The van der Waals surface area contributed by atoms with Crippen LogP contribution in [0.5, 0.6) is 0 Å². The highest BCUT2D eigenvalue weighted by molar-refractivity contribution is 6.32. The molecule has 1 aromatic carbocycles. The summed E-state index contributed by atoms with van der Waals surface area (Å²) in [6, 6.07) is 10.7. The van der Waals surface area contributed by atoms with E-state index in [2.05, 4.69) is 25.5 Å². The van der Waals surface area contributed by atoms with Gasteiger partial charge in [0, 0.05) is 24.7 Å². The molecule has 1 fully saturated rings. The standard InChI is InChI=1S/C18H16ClN7O/c19-15-9-14(2-1-13(15)10-20)22-18(27)12-5-7-25(8-6-12)17-4-3-16-23-21-11-26(16)24-17/h1-4,9,11-12H,5-8H2,(H,22,27). The summed E-state index contributed by atoms with van der Waals surface area (Å²) in [7, 11) is 0. The van der Waals surface area contributed by atoms with Gasteiger partial charge < -0.3 is 10.2 Å². The van der Waals surface area contributed by atoms with Gasteiger partial charge in [-0.05, 0) is 43.2 Å². The van der Waals surface area contributed by atoms with E-state index in [0.29, 0.717) is 21.9 Å². The first-order valence-electron chi connectivity index (χ1n) is 8.56. The van der Waals surface area contributed by atoms with Gasteiger partial charge in [0.05, 0.1) is 10.6 Å². The van der Waals surface area contributed by atoms with E-state index in [9.17, 15) is 4.79 Å². The van der Waals surface area contributed by atoms with Crippen LogP contribution in [0.2, 0.25) is 5.02 Å². The van der Waals surface area contributed by atoms with Crippen molar-refractivity contribution < 1.29 is 4.79 Å². The maximum atomic E-state index is 12.5. The van der Waals surface area contributed by atoms with Crippen LogP contribution in [0, 0.1) is 17.2 Å². The average Bonchev–Trinajstić information content (AvgIpc) is 3.16. The van der Waals surface area contributed by atoms with E-state index in [1.54, 1.807) is 29.0 Å². The zero-order valence-electron chi connectivity index (χ0n) is 14.3. The summed E-state index contributed by atoms with van der Waals surface area (Å²) < 4.78 is 1.64. The van der Waals surface area contributed by atoms with Crippen LogP contribution in [0.25, 0.3) is 5.65 Å². The Labute approximate surface area is 160 Å². The molecule has 8 nitrogen and oxygen atoms in total. The lowest BCUT2D eigenvalue weighted by Crippen LogP contribution is -2.38. The summed E-state index contributed by atoms with van der Waals surface area (Å²) in [5.41, 5.74) is 1.70. The van der Waals surface area contributed by atoms with Crippen LogP contribution in [0.3, 0.4) is 0 Å². The first-order valence-corrected chi connectivity index (χ1v) is 8.94. The first kappa shape index (κ1) is 17.2. The molecule has 0 radical (unpaired) electrons. The maximum absolute atomic E-state index is 12.5. The molecule has 1 saturated heterocycles. The number of carbonyl (C=O) groups is 1. The van der Waals surface area contributed by atoms with Gasteiger partial charge >= 0.3 is 0 Å². The van der Waals surface area contributed by atoms with E-state index in [4.69, 9.17) is 16.9 Å². The van der Waals surface area contributed by atoms with Gasteiger partial charge in [-0.15, -0.1) is 15.3 Å². The second-order valence-corrected chi connectivity index (χ2v) is 6.79. The molecule has 0 saturated carbocycles. The lowest BCUT2D eigenvalue weighted by atomic mass is 9.95. The minimum Gasteiger partial charge on any atom is -0.355 e. The number of carbonyl (C=O) groups excluding carboxylic acids is 1. The lowest BCUT2D eigenvalue weighted by Gasteiger charge is -2.32. The van der Waals surface area contributed by atoms with Gasteiger partial charge in [0.15, 0.2) is 5.65 Å². The summed E-state index contributed by atoms with van der Waals surface area (Å²) in [6.45, 7) is 1.49. The van der Waals surface area contributed by atoms with Crippen molar-refractivity contribution >= 4 is 34.7 Å². The van der Waals surface area contributed by atoms with E-state index in [0.717, 1.165) is 31.7 Å². The Bertz CT molecular complexity index is 1030. The van der Waals surface area contributed by atoms with Crippen LogP contribution in [-0.2, 0) is 4.79 Å². The third-order valence-electron chi connectivity index (χ3n) is 4.69. The van der Waals surface area contributed by atoms with Crippen molar-refractivity contribution in [2.45, 2.75) is 12.8 Å². The predicted octanol–water partition coefficient (Wildman–Crippen LogP) is 2.50. The Morgan fingerprint density at radius 3 is 2.81 bits per heavy atom. The molecule has 4 rings (SSSR count). The fraction of sp³-hybridized carbons (Fsp3) is 0.278. The van der Waals surface area contributed by atoms with Crippen molar-refractivity contribution in [2.75, 3.05) is 23.3 Å². The van der Waals surface area contributed by atoms with Crippen molar-refractivity contribution in [3.05, 3.63) is 47.2 Å². The Kier molecular flexibility index (Phi) is 4.60. The summed E-state index contributed by atoms with van der Waals surface area (Å²) in [5, 5.41) is 24.4. The SMILES string of the molecule is N#Cc1ccc(NC(=O)C2CCN(c3ccc4nncn4n3)CC2)cc1Cl. The highest BCUT2D eigenvalue weighted by Gasteiger charge is 2.26. The summed E-state index contributed by atoms with van der Waals surface area (Å²) in [6.07, 6.45) is 3.04. The van der Waals surface area contributed by atoms with Crippen molar-refractivity contribution in [1.29, 1.82) is 5.26 Å². The summed E-state index contributed by atoms with van der Waals surface area (Å²) in [4.78, 5) is 14.7. The summed E-state index contributed by atoms with van der Waals surface area (Å²) >= 11 is 6.02. The normalized spacial score (nSPS) is 14.9. The number of benzene rings is 1. The fourth-order valence-electron chi connectivity index (χ4n) is 3.19. The van der Waals surface area contributed by atoms with Gasteiger partial charge in [0.2, 0.25) is 5.91 Å². The second-order valence-electron chi connectivity index (χ2n) is 6.38. The molecule has 1 amide bonds. The average molecular weight is 382 g/mol. The van der Waals surface area contributed by atoms with E-state index in [1.165, 1.54) is 0 Å². The monoisotopic (exact) mass is 381 g/mol. The van der Waals surface area contributed by atoms with Crippen molar-refractivity contribution in [3.8, 4) is 6.07 Å². The van der Waals surface area contributed by atoms with Gasteiger partial charge in [-0.1, -0.05) is 11.6 Å². The van der Waals surface area contributed by atoms with Crippen LogP contribution in [0.1, 0.15) is 18.4 Å². The fourth-order valence-corrected chi connectivity index (χ4v) is 3.41. The van der Waals surface area contributed by atoms with Gasteiger partial charge in [0.1, 0.15) is 18.2 Å². The number of rotatable bonds is 3. The predicted molar refractivity (Wildman–Crippen MR) is 101 cm³/mol. The van der Waals surface area contributed by atoms with Crippen molar-refractivity contribution in [2.24, 2.45) is 5.92 Å². The molecule has 0 unspecified atom stereocenters. The highest BCUT2D eigenvalue weighted by Crippen LogP contribution is 2.25. The lowest BCUT2D eigenvalue weighted by molar-refractivity contribution is -0.120. The number of fused-ring (bicyclic) bond motifs is 1. The van der Waals surface area contributed by atoms with E-state index < -0.39 is 0 Å². The van der Waals surface area contributed by atoms with Crippen molar-refractivity contribution in [3.63, 3.8) is 0 Å². The van der Waals surface area contributed by atoms with Gasteiger partial charge in [0.25, 0.3) is 0 Å². The number of hydrogen-bond acceptors (Lipinski definition) is 6. The van der Waals surface area contributed by atoms with Gasteiger partial charge in [-0.2, -0.15) is 9.78 Å². The molecule has 3 heterocycles. The highest BCUT2D eigenvalue weighted by atomic mass is 35.5. The Morgan fingerprint density at radius 1 is 1.26 bits per heavy atom. The molecule has 136 valence electrons. The number of aromatic nitrogens is 4. The molecule has 0 spiro atoms. The topological polar surface area (TPSA) is 99.2 Å². The number of nitrogens with one attached hydrogen (secondary N) is 1. The minimum absolute atomic E-state index is 0.0300. The van der Waals surface area contributed by atoms with Crippen molar-refractivity contribution in [1.82, 2.24) is 19.8 Å². The third kappa shape index (κ3) is 3.55. The number of nitrogens with zero attached hydrogens (tertiary/aromatic N) is 6. The van der Waals surface area contributed by atoms with Crippen LogP contribution in [0.15, 0.2) is 36.7 Å². The van der Waals surface area contributed by atoms with Gasteiger partial charge in [-0.25, -0.2) is 0 Å². The van der Waals surface area contributed by atoms with Crippen LogP contribution < -0.4 is 10.2 Å². The molecule has 9 heteroatoms. The van der Waals surface area contributed by atoms with Gasteiger partial charge in [-0.3, -0.25) is 4.79 Å². The third-order valence-corrected chi connectivity index (χ3v) is 5.01. The Hall–Kier alpha value is -3.18. The molecule has 1 N–H and O–H groups in total. The van der Waals surface area contributed by atoms with E-state index >= 15 is 0 Å². The van der Waals surface area contributed by atoms with Crippen LogP contribution in [-0.4, -0.2) is 38.8 Å². The Morgan fingerprint density at radius 2 is 2.07 bits per heavy atom. The van der Waals surface area contributed by atoms with Crippen LogP contribution in [0.4, 0.5) is 11.5 Å². The number of amides is 1. The molecule has 3 aromatic rings. The van der Waals surface area contributed by atoms with E-state index in [1.807, 2.05) is 18.2 Å². The number of piperidine rings is 1. The molecule has 0 bridgehead atoms. The molecular formula is C18H16ClN7O. The molecule has 1 aliphatic rings. The quantitative estimate of drug-likeness (QED) is 0.748. The Balaban J connectivity index is 1.37.